The lowest BCUT2D eigenvalue weighted by Crippen LogP contribution is -2.01. The van der Waals surface area contributed by atoms with Gasteiger partial charge >= 0.3 is 6.16 Å². The molecule has 8 heteroatoms. The van der Waals surface area contributed by atoms with Crippen molar-refractivity contribution in [2.75, 3.05) is 0 Å². The molecule has 0 atom stereocenters. The van der Waals surface area contributed by atoms with Crippen molar-refractivity contribution in [3.05, 3.63) is 16.3 Å². The predicted octanol–water partition coefficient (Wildman–Crippen LogP) is 1.87. The second kappa shape index (κ2) is 4.16. The van der Waals surface area contributed by atoms with Crippen molar-refractivity contribution in [2.45, 2.75) is 11.5 Å². The second-order valence-corrected chi connectivity index (χ2v) is 5.74. The lowest BCUT2D eigenvalue weighted by atomic mass is 10.5. The molecule has 1 heterocycles. The number of carboxylic acid groups (broad SMARTS) is 1. The van der Waals surface area contributed by atoms with Crippen LogP contribution in [-0.4, -0.2) is 19.7 Å². The summed E-state index contributed by atoms with van der Waals surface area (Å²) in [5.41, 5.74) is 0. The van der Waals surface area contributed by atoms with Crippen molar-refractivity contribution < 1.29 is 23.1 Å². The van der Waals surface area contributed by atoms with Gasteiger partial charge < -0.3 is 9.84 Å². The van der Waals surface area contributed by atoms with Crippen LogP contribution >= 0.6 is 22.0 Å². The molecule has 14 heavy (non-hydrogen) atoms. The van der Waals surface area contributed by atoms with Crippen LogP contribution in [0.2, 0.25) is 0 Å². The Morgan fingerprint density at radius 2 is 2.29 bits per heavy atom. The average Bonchev–Trinajstić information content (AvgIpc) is 2.46. The Labute approximate surface area is 88.3 Å². The Bertz CT molecular complexity index is 435. The first kappa shape index (κ1) is 11.3. The largest absolute Gasteiger partial charge is 0.506 e. The third-order valence-corrected chi connectivity index (χ3v) is 3.72. The first-order chi connectivity index (χ1) is 6.41. The number of halogens is 1. The van der Waals surface area contributed by atoms with Crippen LogP contribution in [0.1, 0.15) is 4.88 Å². The van der Waals surface area contributed by atoms with E-state index in [4.69, 9.17) is 15.8 Å². The highest BCUT2D eigenvalue weighted by Crippen LogP contribution is 2.25. The number of carbonyl (C=O) groups is 1. The van der Waals surface area contributed by atoms with Crippen molar-refractivity contribution in [1.29, 1.82) is 0 Å². The minimum atomic E-state index is -3.83. The van der Waals surface area contributed by atoms with Crippen molar-refractivity contribution in [3.8, 4) is 0 Å². The number of ether oxygens (including phenoxy) is 1. The molecule has 0 aliphatic heterocycles. The molecule has 0 aromatic carbocycles. The van der Waals surface area contributed by atoms with Crippen LogP contribution in [0.4, 0.5) is 4.79 Å². The maximum Gasteiger partial charge on any atom is 0.506 e. The molecule has 0 saturated carbocycles. The molecule has 0 amide bonds. The summed E-state index contributed by atoms with van der Waals surface area (Å²) in [6.07, 6.45) is -1.46. The molecule has 0 aliphatic rings. The molecule has 1 aromatic heterocycles. The zero-order chi connectivity index (χ0) is 10.8. The SMILES string of the molecule is O=C(O)OCc1sccc1S(=O)(=O)Cl. The van der Waals surface area contributed by atoms with E-state index in [1.807, 2.05) is 0 Å². The fourth-order valence-electron chi connectivity index (χ4n) is 0.779. The number of hydrogen-bond donors (Lipinski definition) is 1. The number of hydrogen-bond acceptors (Lipinski definition) is 5. The van der Waals surface area contributed by atoms with E-state index in [1.165, 1.54) is 11.4 Å². The van der Waals surface area contributed by atoms with E-state index in [1.54, 1.807) is 0 Å². The minimum Gasteiger partial charge on any atom is -0.450 e. The lowest BCUT2D eigenvalue weighted by molar-refractivity contribution is 0.0856. The van der Waals surface area contributed by atoms with Crippen LogP contribution < -0.4 is 0 Å². The zero-order valence-corrected chi connectivity index (χ0v) is 9.03. The van der Waals surface area contributed by atoms with E-state index in [9.17, 15) is 13.2 Å². The third kappa shape index (κ3) is 2.86. The molecule has 0 saturated heterocycles. The molecule has 78 valence electrons. The van der Waals surface area contributed by atoms with Gasteiger partial charge in [0.2, 0.25) is 0 Å². The lowest BCUT2D eigenvalue weighted by Gasteiger charge is -1.99. The van der Waals surface area contributed by atoms with Crippen molar-refractivity contribution in [2.24, 2.45) is 0 Å². The van der Waals surface area contributed by atoms with Gasteiger partial charge in [0.25, 0.3) is 9.05 Å². The maximum absolute atomic E-state index is 10.9. The van der Waals surface area contributed by atoms with E-state index in [2.05, 4.69) is 4.74 Å². The molecule has 0 fully saturated rings. The minimum absolute atomic E-state index is 0.106. The molecule has 0 bridgehead atoms. The standard InChI is InChI=1S/C6H5ClO5S2/c7-14(10,11)5-1-2-13-4(5)3-12-6(8)9/h1-2H,3H2,(H,8,9). The van der Waals surface area contributed by atoms with Gasteiger partial charge in [0.1, 0.15) is 6.61 Å². The number of rotatable bonds is 3. The third-order valence-electron chi connectivity index (χ3n) is 1.29. The Balaban J connectivity index is 2.89. The van der Waals surface area contributed by atoms with Gasteiger partial charge in [0.15, 0.2) is 0 Å². The molecule has 0 aliphatic carbocycles. The molecule has 1 aromatic rings. The molecule has 0 radical (unpaired) electrons. The molecule has 1 rings (SSSR count). The topological polar surface area (TPSA) is 80.7 Å². The van der Waals surface area contributed by atoms with Crippen LogP contribution in [0, 0.1) is 0 Å². The summed E-state index contributed by atoms with van der Waals surface area (Å²) < 4.78 is 26.1. The van der Waals surface area contributed by atoms with Gasteiger partial charge in [-0.2, -0.15) is 0 Å². The van der Waals surface area contributed by atoms with E-state index in [0.717, 1.165) is 11.3 Å². The monoisotopic (exact) mass is 256 g/mol. The van der Waals surface area contributed by atoms with Crippen molar-refractivity contribution in [3.63, 3.8) is 0 Å². The Hall–Kier alpha value is -0.790. The van der Waals surface area contributed by atoms with Crippen molar-refractivity contribution >= 4 is 37.2 Å². The predicted molar refractivity (Wildman–Crippen MR) is 50.2 cm³/mol. The maximum atomic E-state index is 10.9. The summed E-state index contributed by atoms with van der Waals surface area (Å²) in [6, 6.07) is 1.30. The van der Waals surface area contributed by atoms with E-state index >= 15 is 0 Å². The molecule has 5 nitrogen and oxygen atoms in total. The summed E-state index contributed by atoms with van der Waals surface area (Å²) in [4.78, 5) is 10.2. The fourth-order valence-corrected chi connectivity index (χ4v) is 3.15. The Kier molecular flexibility index (Phi) is 3.35. The van der Waals surface area contributed by atoms with Gasteiger partial charge in [0.05, 0.1) is 9.77 Å². The highest BCUT2D eigenvalue weighted by atomic mass is 35.7. The van der Waals surface area contributed by atoms with Gasteiger partial charge in [-0.15, -0.1) is 11.3 Å². The molecule has 0 spiro atoms. The highest BCUT2D eigenvalue weighted by molar-refractivity contribution is 8.13. The van der Waals surface area contributed by atoms with Gasteiger partial charge in [-0.25, -0.2) is 13.2 Å². The normalized spacial score (nSPS) is 11.2. The molecular weight excluding hydrogens is 252 g/mol. The summed E-state index contributed by atoms with van der Waals surface area (Å²) in [5.74, 6) is 0. The first-order valence-electron chi connectivity index (χ1n) is 3.28. The van der Waals surface area contributed by atoms with Crippen LogP contribution in [0.25, 0.3) is 0 Å². The zero-order valence-electron chi connectivity index (χ0n) is 6.64. The molecular formula is C6H5ClO5S2. The van der Waals surface area contributed by atoms with Gasteiger partial charge in [-0.05, 0) is 11.4 Å². The van der Waals surface area contributed by atoms with Crippen LogP contribution in [0.5, 0.6) is 0 Å². The summed E-state index contributed by atoms with van der Waals surface area (Å²) in [6.45, 7) is -0.311. The smallest absolute Gasteiger partial charge is 0.450 e. The van der Waals surface area contributed by atoms with Gasteiger partial charge in [-0.3, -0.25) is 0 Å². The van der Waals surface area contributed by atoms with Crippen LogP contribution in [0.3, 0.4) is 0 Å². The summed E-state index contributed by atoms with van der Waals surface area (Å²) in [5, 5.41) is 9.70. The Morgan fingerprint density at radius 3 is 2.79 bits per heavy atom. The van der Waals surface area contributed by atoms with Crippen LogP contribution in [-0.2, 0) is 20.4 Å². The first-order valence-corrected chi connectivity index (χ1v) is 6.47. The van der Waals surface area contributed by atoms with Gasteiger partial charge in [-0.1, -0.05) is 0 Å². The highest BCUT2D eigenvalue weighted by Gasteiger charge is 2.17. The fraction of sp³-hybridized carbons (Fsp3) is 0.167. The van der Waals surface area contributed by atoms with Gasteiger partial charge in [0, 0.05) is 10.7 Å². The summed E-state index contributed by atoms with van der Waals surface area (Å²) in [7, 11) is 1.27. The Morgan fingerprint density at radius 1 is 1.64 bits per heavy atom. The summed E-state index contributed by atoms with van der Waals surface area (Å²) >= 11 is 1.07. The quantitative estimate of drug-likeness (QED) is 0.660. The van der Waals surface area contributed by atoms with E-state index in [0.29, 0.717) is 0 Å². The van der Waals surface area contributed by atoms with E-state index < -0.39 is 15.2 Å². The van der Waals surface area contributed by atoms with Crippen LogP contribution in [0.15, 0.2) is 16.3 Å². The average molecular weight is 257 g/mol. The molecule has 1 N–H and O–H groups in total. The number of thiophene rings is 1. The van der Waals surface area contributed by atoms with Crippen molar-refractivity contribution in [1.82, 2.24) is 0 Å². The van der Waals surface area contributed by atoms with E-state index in [-0.39, 0.29) is 16.4 Å². The molecule has 0 unspecified atom stereocenters. The second-order valence-electron chi connectivity index (χ2n) is 2.20.